The summed E-state index contributed by atoms with van der Waals surface area (Å²) in [5, 5.41) is 11.7. The summed E-state index contributed by atoms with van der Waals surface area (Å²) in [6.07, 6.45) is 0. The number of rotatable bonds is 8. The lowest BCUT2D eigenvalue weighted by molar-refractivity contribution is -0.907. The Hall–Kier alpha value is -3.04. The molecule has 0 saturated heterocycles. The van der Waals surface area contributed by atoms with E-state index in [1.165, 1.54) is 0 Å². The molecule has 1 amide bonds. The van der Waals surface area contributed by atoms with Gasteiger partial charge in [0, 0.05) is 11.3 Å². The van der Waals surface area contributed by atoms with Crippen LogP contribution in [0.1, 0.15) is 25.0 Å². The zero-order chi connectivity index (χ0) is 19.8. The Kier molecular flexibility index (Phi) is 7.21. The molecule has 0 aliphatic carbocycles. The van der Waals surface area contributed by atoms with Crippen LogP contribution in [0.5, 0.6) is 11.5 Å². The van der Waals surface area contributed by atoms with E-state index in [0.29, 0.717) is 35.9 Å². The molecule has 2 atom stereocenters. The largest absolute Gasteiger partial charge is 0.493 e. The molecule has 0 radical (unpaired) electrons. The Balaban J connectivity index is 2.00. The van der Waals surface area contributed by atoms with E-state index in [-0.39, 0.29) is 11.9 Å². The number of quaternary nitrogens is 1. The zero-order valence-electron chi connectivity index (χ0n) is 16.2. The number of ether oxygens (including phenoxy) is 2. The molecular formula is C21H26N3O3+. The number of amides is 1. The van der Waals surface area contributed by atoms with Gasteiger partial charge in [-0.25, -0.2) is 0 Å². The molecule has 27 heavy (non-hydrogen) atoms. The predicted octanol–water partition coefficient (Wildman–Crippen LogP) is 2.01. The molecule has 2 aromatic rings. The molecule has 2 N–H and O–H groups in total. The molecule has 0 spiro atoms. The third-order valence-corrected chi connectivity index (χ3v) is 4.42. The summed E-state index contributed by atoms with van der Waals surface area (Å²) in [7, 11) is 3.60. The maximum atomic E-state index is 12.5. The SMILES string of the molecule is CCOc1ccc(C[NH+](C)[C@H](C)C(=O)Nc2ccc(C#N)cc2)cc1OC. The number of hydrogen-bond acceptors (Lipinski definition) is 4. The smallest absolute Gasteiger partial charge is 0.282 e. The van der Waals surface area contributed by atoms with Gasteiger partial charge in [-0.1, -0.05) is 0 Å². The van der Waals surface area contributed by atoms with E-state index in [0.717, 1.165) is 10.5 Å². The van der Waals surface area contributed by atoms with Crippen LogP contribution in [0.25, 0.3) is 0 Å². The first-order valence-corrected chi connectivity index (χ1v) is 8.91. The van der Waals surface area contributed by atoms with Crippen LogP contribution in [0.4, 0.5) is 5.69 Å². The molecule has 6 heteroatoms. The van der Waals surface area contributed by atoms with Crippen molar-refractivity contribution in [1.29, 1.82) is 5.26 Å². The van der Waals surface area contributed by atoms with Gasteiger partial charge in [0.25, 0.3) is 5.91 Å². The van der Waals surface area contributed by atoms with E-state index in [2.05, 4.69) is 11.4 Å². The maximum absolute atomic E-state index is 12.5. The number of nitriles is 1. The average molecular weight is 368 g/mol. The Labute approximate surface area is 160 Å². The van der Waals surface area contributed by atoms with Gasteiger partial charge in [-0.2, -0.15) is 5.26 Å². The van der Waals surface area contributed by atoms with Gasteiger partial charge in [0.05, 0.1) is 32.4 Å². The second kappa shape index (κ2) is 9.60. The van der Waals surface area contributed by atoms with Crippen LogP contribution in [0, 0.1) is 11.3 Å². The Bertz CT molecular complexity index is 812. The van der Waals surface area contributed by atoms with Crippen molar-refractivity contribution in [3.8, 4) is 17.6 Å². The van der Waals surface area contributed by atoms with Gasteiger partial charge in [-0.15, -0.1) is 0 Å². The minimum absolute atomic E-state index is 0.0740. The molecule has 0 fully saturated rings. The van der Waals surface area contributed by atoms with Crippen LogP contribution in [0.15, 0.2) is 42.5 Å². The van der Waals surface area contributed by atoms with E-state index < -0.39 is 0 Å². The number of nitrogens with one attached hydrogen (secondary N) is 2. The lowest BCUT2D eigenvalue weighted by Gasteiger charge is -2.21. The van der Waals surface area contributed by atoms with Gasteiger partial charge in [-0.05, 0) is 56.3 Å². The Morgan fingerprint density at radius 2 is 1.93 bits per heavy atom. The van der Waals surface area contributed by atoms with Crippen LogP contribution in [-0.2, 0) is 11.3 Å². The number of anilines is 1. The quantitative estimate of drug-likeness (QED) is 0.747. The van der Waals surface area contributed by atoms with Crippen LogP contribution in [0.3, 0.4) is 0 Å². The number of nitrogens with zero attached hydrogens (tertiary/aromatic N) is 1. The molecule has 0 heterocycles. The summed E-state index contributed by atoms with van der Waals surface area (Å²) in [5.41, 5.74) is 2.31. The molecule has 2 aromatic carbocycles. The van der Waals surface area contributed by atoms with Gasteiger partial charge in [0.15, 0.2) is 17.5 Å². The molecule has 0 aromatic heterocycles. The molecule has 142 valence electrons. The van der Waals surface area contributed by atoms with Crippen molar-refractivity contribution in [2.24, 2.45) is 0 Å². The Morgan fingerprint density at radius 1 is 1.22 bits per heavy atom. The van der Waals surface area contributed by atoms with Gasteiger partial charge < -0.3 is 19.7 Å². The number of carbonyl (C=O) groups excluding carboxylic acids is 1. The molecular weight excluding hydrogens is 342 g/mol. The fraction of sp³-hybridized carbons (Fsp3) is 0.333. The number of carbonyl (C=O) groups is 1. The highest BCUT2D eigenvalue weighted by atomic mass is 16.5. The van der Waals surface area contributed by atoms with E-state index in [1.54, 1.807) is 31.4 Å². The minimum Gasteiger partial charge on any atom is -0.493 e. The second-order valence-electron chi connectivity index (χ2n) is 6.34. The third kappa shape index (κ3) is 5.47. The lowest BCUT2D eigenvalue weighted by atomic mass is 10.1. The fourth-order valence-corrected chi connectivity index (χ4v) is 2.67. The van der Waals surface area contributed by atoms with Gasteiger partial charge in [-0.3, -0.25) is 4.79 Å². The molecule has 0 aliphatic rings. The first-order valence-electron chi connectivity index (χ1n) is 8.91. The molecule has 2 rings (SSSR count). The number of likely N-dealkylation sites (N-methyl/N-ethyl adjacent to an activating group) is 1. The van der Waals surface area contributed by atoms with Crippen molar-refractivity contribution in [3.05, 3.63) is 53.6 Å². The zero-order valence-corrected chi connectivity index (χ0v) is 16.2. The van der Waals surface area contributed by atoms with Gasteiger partial charge >= 0.3 is 0 Å². The third-order valence-electron chi connectivity index (χ3n) is 4.42. The molecule has 6 nitrogen and oxygen atoms in total. The van der Waals surface area contributed by atoms with E-state index >= 15 is 0 Å². The van der Waals surface area contributed by atoms with Gasteiger partial charge in [0.1, 0.15) is 6.54 Å². The lowest BCUT2D eigenvalue weighted by Crippen LogP contribution is -3.12. The maximum Gasteiger partial charge on any atom is 0.282 e. The van der Waals surface area contributed by atoms with Crippen molar-refractivity contribution in [3.63, 3.8) is 0 Å². The highest BCUT2D eigenvalue weighted by Gasteiger charge is 2.22. The highest BCUT2D eigenvalue weighted by Crippen LogP contribution is 2.27. The molecule has 0 bridgehead atoms. The fourth-order valence-electron chi connectivity index (χ4n) is 2.67. The molecule has 0 saturated carbocycles. The number of hydrogen-bond donors (Lipinski definition) is 2. The van der Waals surface area contributed by atoms with Crippen molar-refractivity contribution in [1.82, 2.24) is 0 Å². The normalized spacial score (nSPS) is 12.6. The van der Waals surface area contributed by atoms with E-state index in [9.17, 15) is 4.79 Å². The number of benzene rings is 2. The van der Waals surface area contributed by atoms with Crippen LogP contribution >= 0.6 is 0 Å². The molecule has 1 unspecified atom stereocenters. The average Bonchev–Trinajstić information content (AvgIpc) is 2.69. The monoisotopic (exact) mass is 368 g/mol. The van der Waals surface area contributed by atoms with Crippen LogP contribution in [0.2, 0.25) is 0 Å². The topological polar surface area (TPSA) is 75.8 Å². The second-order valence-corrected chi connectivity index (χ2v) is 6.34. The van der Waals surface area contributed by atoms with Crippen molar-refractivity contribution < 1.29 is 19.2 Å². The highest BCUT2D eigenvalue weighted by molar-refractivity contribution is 5.93. The van der Waals surface area contributed by atoms with Crippen LogP contribution in [-0.4, -0.2) is 32.7 Å². The summed E-state index contributed by atoms with van der Waals surface area (Å²) in [6.45, 7) is 5.07. The van der Waals surface area contributed by atoms with Crippen molar-refractivity contribution >= 4 is 11.6 Å². The van der Waals surface area contributed by atoms with Gasteiger partial charge in [0.2, 0.25) is 0 Å². The first kappa shape index (κ1) is 20.3. The summed E-state index contributed by atoms with van der Waals surface area (Å²) in [6, 6.07) is 14.5. The Morgan fingerprint density at radius 3 is 2.52 bits per heavy atom. The summed E-state index contributed by atoms with van der Waals surface area (Å²) < 4.78 is 10.9. The summed E-state index contributed by atoms with van der Waals surface area (Å²) in [4.78, 5) is 13.6. The standard InChI is InChI=1S/C21H25N3O3/c1-5-27-19-11-8-17(12-20(19)26-4)14-24(3)15(2)21(25)23-18-9-6-16(13-22)7-10-18/h6-12,15H,5,14H2,1-4H3,(H,23,25)/p+1/t15-/m1/s1. The minimum atomic E-state index is -0.252. The number of methoxy groups -OCH3 is 1. The van der Waals surface area contributed by atoms with Crippen LogP contribution < -0.4 is 19.7 Å². The first-order chi connectivity index (χ1) is 13.0. The van der Waals surface area contributed by atoms with Crippen molar-refractivity contribution in [2.75, 3.05) is 26.1 Å². The summed E-state index contributed by atoms with van der Waals surface area (Å²) >= 11 is 0. The predicted molar refractivity (Wildman–Crippen MR) is 104 cm³/mol. The van der Waals surface area contributed by atoms with E-state index in [1.807, 2.05) is 39.1 Å². The van der Waals surface area contributed by atoms with E-state index in [4.69, 9.17) is 14.7 Å². The molecule has 0 aliphatic heterocycles. The summed E-state index contributed by atoms with van der Waals surface area (Å²) in [5.74, 6) is 1.33. The van der Waals surface area contributed by atoms with Crippen molar-refractivity contribution in [2.45, 2.75) is 26.4 Å².